The highest BCUT2D eigenvalue weighted by Crippen LogP contribution is 2.48. The Labute approximate surface area is 275 Å². The predicted octanol–water partition coefficient (Wildman–Crippen LogP) is 7.04. The summed E-state index contributed by atoms with van der Waals surface area (Å²) in [6.07, 6.45) is 8.68. The minimum absolute atomic E-state index is 0.225. The molecule has 1 amide bonds. The minimum atomic E-state index is -0.302. The molecule has 2 aliphatic rings. The number of carbonyl (C=O) groups excluding carboxylic acids is 1. The highest BCUT2D eigenvalue weighted by atomic mass is 35.5. The Bertz CT molecular complexity index is 1990. The summed E-state index contributed by atoms with van der Waals surface area (Å²) in [6, 6.07) is 9.92. The minimum Gasteiger partial charge on any atom is -0.496 e. The van der Waals surface area contributed by atoms with E-state index in [0.717, 1.165) is 29.4 Å². The molecule has 2 unspecified atom stereocenters. The molecule has 2 aliphatic heterocycles. The number of rotatable bonds is 8. The zero-order chi connectivity index (χ0) is 32.1. The van der Waals surface area contributed by atoms with Gasteiger partial charge in [-0.1, -0.05) is 29.8 Å². The summed E-state index contributed by atoms with van der Waals surface area (Å²) < 4.78 is 24.7. The smallest absolute Gasteiger partial charge is 0.247 e. The lowest BCUT2D eigenvalue weighted by atomic mass is 10.0. The molecule has 2 aromatic carbocycles. The first-order chi connectivity index (χ1) is 22.4. The van der Waals surface area contributed by atoms with E-state index in [1.165, 1.54) is 20.3 Å². The van der Waals surface area contributed by atoms with Gasteiger partial charge in [-0.25, -0.2) is 4.98 Å². The van der Waals surface area contributed by atoms with E-state index < -0.39 is 0 Å². The van der Waals surface area contributed by atoms with Crippen molar-refractivity contribution in [2.45, 2.75) is 24.9 Å². The number of anilines is 2. The Morgan fingerprint density at radius 2 is 1.65 bits per heavy atom. The monoisotopic (exact) mass is 659 g/mol. The molecule has 5 aromatic rings. The molecule has 2 fully saturated rings. The van der Waals surface area contributed by atoms with E-state index in [1.807, 2.05) is 34.9 Å². The fourth-order valence-electron chi connectivity index (χ4n) is 6.60. The van der Waals surface area contributed by atoms with E-state index >= 15 is 0 Å². The average Bonchev–Trinajstić information content (AvgIpc) is 3.66. The van der Waals surface area contributed by atoms with Gasteiger partial charge in [0.15, 0.2) is 0 Å². The Morgan fingerprint density at radius 3 is 2.30 bits per heavy atom. The van der Waals surface area contributed by atoms with Crippen molar-refractivity contribution in [3.63, 3.8) is 0 Å². The van der Waals surface area contributed by atoms with Gasteiger partial charge in [-0.3, -0.25) is 14.2 Å². The van der Waals surface area contributed by atoms with Crippen LogP contribution in [0.5, 0.6) is 17.2 Å². The number of pyridine rings is 2. The summed E-state index contributed by atoms with van der Waals surface area (Å²) in [5.74, 6) is 1.18. The normalized spacial score (nSPS) is 17.4. The lowest BCUT2D eigenvalue weighted by molar-refractivity contribution is -0.111. The SMILES string of the molecule is C=CC(=O)Nc1cc(-c2cc3c(cn2)cc(-c2c(Cl)c(OC)cc(OC)c2Cl)c2nccn23)c(OC)cc1N1C2CCC1COC2. The number of nitrogens with one attached hydrogen (secondary N) is 1. The van der Waals surface area contributed by atoms with Gasteiger partial charge in [0.1, 0.15) is 22.9 Å². The molecule has 10 nitrogen and oxygen atoms in total. The Kier molecular flexibility index (Phi) is 7.88. The van der Waals surface area contributed by atoms with Crippen LogP contribution in [0.3, 0.4) is 0 Å². The molecule has 2 atom stereocenters. The van der Waals surface area contributed by atoms with Crippen LogP contribution in [0.15, 0.2) is 61.6 Å². The van der Waals surface area contributed by atoms with Crippen LogP contribution in [0.2, 0.25) is 10.0 Å². The fraction of sp³-hybridized carbons (Fsp3) is 0.265. The van der Waals surface area contributed by atoms with E-state index in [0.29, 0.717) is 74.2 Å². The van der Waals surface area contributed by atoms with Crippen LogP contribution in [0.25, 0.3) is 38.9 Å². The van der Waals surface area contributed by atoms with Crippen LogP contribution in [0.4, 0.5) is 11.4 Å². The molecule has 7 rings (SSSR count). The summed E-state index contributed by atoms with van der Waals surface area (Å²) in [6.45, 7) is 4.94. The van der Waals surface area contributed by atoms with E-state index in [1.54, 1.807) is 25.6 Å². The topological polar surface area (TPSA) is 99.5 Å². The summed E-state index contributed by atoms with van der Waals surface area (Å²) in [5, 5.41) is 4.52. The highest BCUT2D eigenvalue weighted by molar-refractivity contribution is 6.41. The lowest BCUT2D eigenvalue weighted by Gasteiger charge is -2.38. The van der Waals surface area contributed by atoms with Gasteiger partial charge in [0.2, 0.25) is 5.91 Å². The number of hydrogen-bond acceptors (Lipinski definition) is 8. The number of methoxy groups -OCH3 is 3. The summed E-state index contributed by atoms with van der Waals surface area (Å²) in [7, 11) is 4.71. The van der Waals surface area contributed by atoms with Gasteiger partial charge in [0, 0.05) is 52.8 Å². The largest absolute Gasteiger partial charge is 0.496 e. The maximum atomic E-state index is 12.6. The van der Waals surface area contributed by atoms with Crippen LogP contribution >= 0.6 is 23.2 Å². The number of nitrogens with zero attached hydrogens (tertiary/aromatic N) is 4. The van der Waals surface area contributed by atoms with Gasteiger partial charge in [0.05, 0.1) is 79.3 Å². The number of imidazole rings is 1. The van der Waals surface area contributed by atoms with Gasteiger partial charge in [-0.15, -0.1) is 0 Å². The number of fused-ring (bicyclic) bond motifs is 5. The number of morpholine rings is 1. The Morgan fingerprint density at radius 1 is 0.957 bits per heavy atom. The van der Waals surface area contributed by atoms with Crippen molar-refractivity contribution in [1.82, 2.24) is 14.4 Å². The predicted molar refractivity (Wildman–Crippen MR) is 180 cm³/mol. The molecule has 2 bridgehead atoms. The van der Waals surface area contributed by atoms with Crippen molar-refractivity contribution in [3.8, 4) is 39.6 Å². The van der Waals surface area contributed by atoms with Crippen molar-refractivity contribution in [1.29, 1.82) is 0 Å². The molecule has 0 saturated carbocycles. The molecular weight excluding hydrogens is 629 g/mol. The lowest BCUT2D eigenvalue weighted by Crippen LogP contribution is -2.46. The van der Waals surface area contributed by atoms with E-state index in [2.05, 4.69) is 21.8 Å². The second-order valence-electron chi connectivity index (χ2n) is 11.2. The second-order valence-corrected chi connectivity index (χ2v) is 11.9. The van der Waals surface area contributed by atoms with Crippen LogP contribution in [0, 0.1) is 0 Å². The second kappa shape index (κ2) is 12.0. The zero-order valence-electron chi connectivity index (χ0n) is 25.5. The van der Waals surface area contributed by atoms with Gasteiger partial charge in [0.25, 0.3) is 0 Å². The molecule has 0 radical (unpaired) electrons. The van der Waals surface area contributed by atoms with Gasteiger partial charge >= 0.3 is 0 Å². The van der Waals surface area contributed by atoms with Crippen molar-refractivity contribution in [2.24, 2.45) is 0 Å². The third-order valence-corrected chi connectivity index (χ3v) is 9.50. The number of ether oxygens (including phenoxy) is 4. The van der Waals surface area contributed by atoms with Crippen molar-refractivity contribution < 1.29 is 23.7 Å². The molecule has 0 aliphatic carbocycles. The first kappa shape index (κ1) is 30.2. The van der Waals surface area contributed by atoms with Gasteiger partial charge < -0.3 is 29.2 Å². The van der Waals surface area contributed by atoms with Crippen molar-refractivity contribution in [3.05, 3.63) is 71.6 Å². The molecule has 12 heteroatoms. The number of aromatic nitrogens is 3. The standard InChI is InChI=1S/C34H31Cl2N5O5/c1-5-30(42)39-24-11-21(27(43-2)13-26(24)41-19-6-7-20(41)17-46-16-19)23-12-25-18(15-38-23)10-22(34-37-8-9-40(25)34)31-32(35)28(44-3)14-29(45-4)33(31)36/h5,8-15,19-20H,1,6-7,16-17H2,2-4H3,(H,39,42). The molecule has 46 heavy (non-hydrogen) atoms. The fourth-order valence-corrected chi connectivity index (χ4v) is 7.31. The van der Waals surface area contributed by atoms with E-state index in [9.17, 15) is 4.79 Å². The molecule has 0 spiro atoms. The van der Waals surface area contributed by atoms with Crippen LogP contribution in [-0.2, 0) is 9.53 Å². The molecule has 236 valence electrons. The first-order valence-electron chi connectivity index (χ1n) is 14.7. The number of amides is 1. The molecule has 3 aromatic heterocycles. The number of carbonyl (C=O) groups is 1. The molecule has 5 heterocycles. The van der Waals surface area contributed by atoms with E-state index in [-0.39, 0.29) is 18.0 Å². The van der Waals surface area contributed by atoms with Crippen LogP contribution < -0.4 is 24.4 Å². The Balaban J connectivity index is 1.40. The molecule has 2 saturated heterocycles. The molecule has 1 N–H and O–H groups in total. The zero-order valence-corrected chi connectivity index (χ0v) is 27.0. The summed E-state index contributed by atoms with van der Waals surface area (Å²) >= 11 is 13.6. The highest BCUT2D eigenvalue weighted by Gasteiger charge is 2.39. The third kappa shape index (κ3) is 4.88. The summed E-state index contributed by atoms with van der Waals surface area (Å²) in [5.41, 5.74) is 5.61. The van der Waals surface area contributed by atoms with Crippen LogP contribution in [-0.4, -0.2) is 66.9 Å². The number of benzene rings is 2. The van der Waals surface area contributed by atoms with Crippen LogP contribution in [0.1, 0.15) is 12.8 Å². The number of hydrogen-bond donors (Lipinski definition) is 1. The van der Waals surface area contributed by atoms with Gasteiger partial charge in [-0.05, 0) is 37.1 Å². The van der Waals surface area contributed by atoms with Gasteiger partial charge in [-0.2, -0.15) is 0 Å². The van der Waals surface area contributed by atoms with Crippen molar-refractivity contribution >= 4 is 57.0 Å². The summed E-state index contributed by atoms with van der Waals surface area (Å²) in [4.78, 5) is 24.5. The van der Waals surface area contributed by atoms with Crippen molar-refractivity contribution in [2.75, 3.05) is 44.8 Å². The molecular formula is C34H31Cl2N5O5. The first-order valence-corrected chi connectivity index (χ1v) is 15.5. The van der Waals surface area contributed by atoms with E-state index in [4.69, 9.17) is 47.1 Å². The quantitative estimate of drug-likeness (QED) is 0.177. The maximum Gasteiger partial charge on any atom is 0.247 e. The Hall–Kier alpha value is -4.51. The number of halogens is 2. The average molecular weight is 661 g/mol. The third-order valence-electron chi connectivity index (χ3n) is 8.75. The maximum absolute atomic E-state index is 12.6.